The highest BCUT2D eigenvalue weighted by molar-refractivity contribution is 7.98. The fourth-order valence-electron chi connectivity index (χ4n) is 4.43. The predicted molar refractivity (Wildman–Crippen MR) is 104 cm³/mol. The minimum atomic E-state index is 0.0141. The first-order valence-corrected chi connectivity index (χ1v) is 10.7. The average Bonchev–Trinajstić information content (AvgIpc) is 3.08. The third kappa shape index (κ3) is 2.57. The largest absolute Gasteiger partial charge is 0.445 e. The Morgan fingerprint density at radius 2 is 2.08 bits per heavy atom. The fraction of sp³-hybridized carbons (Fsp3) is 0.474. The molecule has 6 rings (SSSR count). The summed E-state index contributed by atoms with van der Waals surface area (Å²) >= 11 is 3.38. The number of ether oxygens (including phenoxy) is 1. The Labute approximate surface area is 156 Å². The molecule has 2 bridgehead atoms. The van der Waals surface area contributed by atoms with Gasteiger partial charge in [0.2, 0.25) is 0 Å². The number of nitrogens with zero attached hydrogens (tertiary/aromatic N) is 3. The van der Waals surface area contributed by atoms with E-state index >= 15 is 0 Å². The van der Waals surface area contributed by atoms with Crippen molar-refractivity contribution in [1.29, 1.82) is 0 Å². The third-order valence-corrected chi connectivity index (χ3v) is 7.23. The van der Waals surface area contributed by atoms with E-state index in [0.29, 0.717) is 6.04 Å². The maximum Gasteiger partial charge on any atom is 0.181 e. The first-order valence-electron chi connectivity index (χ1n) is 8.92. The van der Waals surface area contributed by atoms with Gasteiger partial charge in [-0.25, -0.2) is 4.40 Å². The molecule has 0 amide bonds. The van der Waals surface area contributed by atoms with Crippen molar-refractivity contribution in [3.05, 3.63) is 41.0 Å². The summed E-state index contributed by atoms with van der Waals surface area (Å²) in [5, 5.41) is 0.919. The van der Waals surface area contributed by atoms with Crippen LogP contribution in [0.3, 0.4) is 0 Å². The summed E-state index contributed by atoms with van der Waals surface area (Å²) < 4.78 is 10.8. The van der Waals surface area contributed by atoms with Crippen LogP contribution >= 0.6 is 23.3 Å². The van der Waals surface area contributed by atoms with Crippen LogP contribution in [-0.4, -0.2) is 34.1 Å². The van der Waals surface area contributed by atoms with Gasteiger partial charge < -0.3 is 9.64 Å². The molecule has 3 aliphatic heterocycles. The minimum absolute atomic E-state index is 0.0141. The lowest BCUT2D eigenvalue weighted by atomic mass is 9.64. The van der Waals surface area contributed by atoms with Gasteiger partial charge >= 0.3 is 0 Å². The van der Waals surface area contributed by atoms with Gasteiger partial charge in [0, 0.05) is 23.2 Å². The highest BCUT2D eigenvalue weighted by Crippen LogP contribution is 2.49. The summed E-state index contributed by atoms with van der Waals surface area (Å²) in [4.78, 5) is 8.64. The van der Waals surface area contributed by atoms with E-state index in [9.17, 15) is 0 Å². The molecule has 25 heavy (non-hydrogen) atoms. The van der Waals surface area contributed by atoms with Crippen molar-refractivity contribution in [2.45, 2.75) is 44.1 Å². The van der Waals surface area contributed by atoms with Crippen LogP contribution in [0.2, 0.25) is 0 Å². The average molecular weight is 372 g/mol. The number of amidine groups is 1. The van der Waals surface area contributed by atoms with Gasteiger partial charge in [-0.15, -0.1) is 11.3 Å². The lowest BCUT2D eigenvalue weighted by molar-refractivity contribution is 0.150. The van der Waals surface area contributed by atoms with Gasteiger partial charge in [-0.1, -0.05) is 0 Å². The topological polar surface area (TPSA) is 37.7 Å². The van der Waals surface area contributed by atoms with Gasteiger partial charge in [0.05, 0.1) is 17.3 Å². The quantitative estimate of drug-likeness (QED) is 0.726. The molecular weight excluding hydrogens is 350 g/mol. The standard InChI is InChI=1S/C19H21N3OS2/c1-13-2-5-17(25-13)23-15-3-4-16(20-12-15)19-8-6-14(7-9-19)22-10-11-24-21-18(19)22/h2-5,12,14H,6-11H2,1H3. The van der Waals surface area contributed by atoms with Gasteiger partial charge in [0.15, 0.2) is 5.06 Å². The van der Waals surface area contributed by atoms with E-state index in [1.165, 1.54) is 36.4 Å². The summed E-state index contributed by atoms with van der Waals surface area (Å²) in [6.45, 7) is 3.22. The van der Waals surface area contributed by atoms with Gasteiger partial charge in [0.25, 0.3) is 0 Å². The van der Waals surface area contributed by atoms with Gasteiger partial charge in [0.1, 0.15) is 11.6 Å². The van der Waals surface area contributed by atoms with E-state index in [0.717, 1.165) is 28.8 Å². The number of aryl methyl sites for hydroxylation is 1. The van der Waals surface area contributed by atoms with E-state index in [2.05, 4.69) is 30.0 Å². The van der Waals surface area contributed by atoms with Gasteiger partial charge in [-0.2, -0.15) is 0 Å². The number of hydrogen-bond donors (Lipinski definition) is 0. The molecule has 130 valence electrons. The molecule has 2 saturated heterocycles. The van der Waals surface area contributed by atoms with Crippen LogP contribution in [0, 0.1) is 6.92 Å². The highest BCUT2D eigenvalue weighted by Gasteiger charge is 2.52. The lowest BCUT2D eigenvalue weighted by Gasteiger charge is -2.55. The number of piperidine rings is 2. The molecule has 5 heterocycles. The van der Waals surface area contributed by atoms with Crippen molar-refractivity contribution in [3.8, 4) is 10.8 Å². The number of fused-ring (bicyclic) bond motifs is 2. The van der Waals surface area contributed by atoms with E-state index in [1.54, 1.807) is 23.3 Å². The molecule has 2 aromatic heterocycles. The summed E-state index contributed by atoms with van der Waals surface area (Å²) in [5.74, 6) is 3.20. The van der Waals surface area contributed by atoms with E-state index in [1.807, 2.05) is 12.3 Å². The molecule has 3 fully saturated rings. The summed E-state index contributed by atoms with van der Waals surface area (Å²) in [6, 6.07) is 9.01. The van der Waals surface area contributed by atoms with Gasteiger partial charge in [-0.3, -0.25) is 4.98 Å². The normalized spacial score (nSPS) is 27.8. The number of rotatable bonds is 3. The molecule has 6 heteroatoms. The van der Waals surface area contributed by atoms with Crippen LogP contribution in [0.4, 0.5) is 0 Å². The first-order chi connectivity index (χ1) is 12.2. The van der Waals surface area contributed by atoms with Crippen molar-refractivity contribution in [2.75, 3.05) is 12.3 Å². The SMILES string of the molecule is Cc1ccc(Oc2ccc(C34CCC(CC3)N3CCSN=C34)nc2)s1. The van der Waals surface area contributed by atoms with E-state index in [-0.39, 0.29) is 5.41 Å². The third-order valence-electron chi connectivity index (χ3n) is 5.68. The van der Waals surface area contributed by atoms with Crippen molar-refractivity contribution < 1.29 is 4.74 Å². The monoisotopic (exact) mass is 371 g/mol. The maximum absolute atomic E-state index is 5.94. The summed E-state index contributed by atoms with van der Waals surface area (Å²) in [5.41, 5.74) is 1.17. The molecule has 4 nitrogen and oxygen atoms in total. The van der Waals surface area contributed by atoms with Gasteiger partial charge in [-0.05, 0) is 68.8 Å². The Bertz CT molecular complexity index is 806. The van der Waals surface area contributed by atoms with E-state index in [4.69, 9.17) is 14.1 Å². The maximum atomic E-state index is 5.94. The minimum Gasteiger partial charge on any atom is -0.445 e. The zero-order valence-electron chi connectivity index (χ0n) is 14.3. The van der Waals surface area contributed by atoms with Crippen molar-refractivity contribution in [2.24, 2.45) is 4.40 Å². The molecule has 4 aliphatic rings. The van der Waals surface area contributed by atoms with Crippen LogP contribution in [0.15, 0.2) is 34.9 Å². The number of pyridine rings is 1. The Morgan fingerprint density at radius 1 is 1.20 bits per heavy atom. The number of thiophene rings is 1. The summed E-state index contributed by atoms with van der Waals surface area (Å²) in [6.07, 6.45) is 6.74. The first kappa shape index (κ1) is 15.7. The van der Waals surface area contributed by atoms with E-state index < -0.39 is 0 Å². The van der Waals surface area contributed by atoms with Crippen LogP contribution in [0.5, 0.6) is 10.8 Å². The molecule has 0 spiro atoms. The van der Waals surface area contributed by atoms with Crippen LogP contribution < -0.4 is 4.74 Å². The second-order valence-electron chi connectivity index (χ2n) is 7.10. The van der Waals surface area contributed by atoms with Crippen LogP contribution in [0.25, 0.3) is 0 Å². The Kier molecular flexibility index (Phi) is 3.78. The Balaban J connectivity index is 1.45. The smallest absolute Gasteiger partial charge is 0.181 e. The molecule has 0 atom stereocenters. The zero-order valence-corrected chi connectivity index (χ0v) is 15.9. The summed E-state index contributed by atoms with van der Waals surface area (Å²) in [7, 11) is 0. The van der Waals surface area contributed by atoms with Crippen molar-refractivity contribution in [3.63, 3.8) is 0 Å². The molecule has 1 aliphatic carbocycles. The predicted octanol–water partition coefficient (Wildman–Crippen LogP) is 4.80. The fourth-order valence-corrected chi connectivity index (χ4v) is 5.93. The molecule has 2 aromatic rings. The number of aromatic nitrogens is 1. The zero-order chi connectivity index (χ0) is 16.9. The molecule has 0 aromatic carbocycles. The van der Waals surface area contributed by atoms with Crippen molar-refractivity contribution in [1.82, 2.24) is 9.88 Å². The molecule has 0 N–H and O–H groups in total. The van der Waals surface area contributed by atoms with Crippen LogP contribution in [-0.2, 0) is 5.41 Å². The lowest BCUT2D eigenvalue weighted by Crippen LogP contribution is -2.61. The second kappa shape index (κ2) is 6.02. The Morgan fingerprint density at radius 3 is 2.80 bits per heavy atom. The van der Waals surface area contributed by atoms with Crippen LogP contribution in [0.1, 0.15) is 36.3 Å². The number of hydrogen-bond acceptors (Lipinski definition) is 6. The molecule has 1 saturated carbocycles. The molecular formula is C19H21N3OS2. The molecule has 0 radical (unpaired) electrons. The Hall–Kier alpha value is -1.53. The molecule has 0 unspecified atom stereocenters. The highest BCUT2D eigenvalue weighted by atomic mass is 32.2. The van der Waals surface area contributed by atoms with Crippen molar-refractivity contribution >= 4 is 29.1 Å². The second-order valence-corrected chi connectivity index (χ2v) is 9.20.